The lowest BCUT2D eigenvalue weighted by molar-refractivity contribution is -0.0544. The molecule has 10 N–H and O–H groups in total. The van der Waals surface area contributed by atoms with Gasteiger partial charge in [0.05, 0.1) is 13.2 Å². The number of aliphatic hydroxyl groups excluding tert-OH is 4. The fraction of sp³-hybridized carbons (Fsp3) is 0.556. The molecule has 2 aromatic rings. The lowest BCUT2D eigenvalue weighted by Gasteiger charge is -2.21. The van der Waals surface area contributed by atoms with Crippen molar-refractivity contribution in [1.29, 1.82) is 0 Å². The summed E-state index contributed by atoms with van der Waals surface area (Å²) in [4.78, 5) is 89.1. The van der Waals surface area contributed by atoms with E-state index in [1.165, 1.54) is 0 Å². The van der Waals surface area contributed by atoms with Gasteiger partial charge in [-0.1, -0.05) is 0 Å². The first-order valence-electron chi connectivity index (χ1n) is 12.9. The number of phosphoric acid groups is 4. The highest BCUT2D eigenvalue weighted by Gasteiger charge is 2.49. The van der Waals surface area contributed by atoms with Gasteiger partial charge in [0.25, 0.3) is 11.1 Å². The van der Waals surface area contributed by atoms with Crippen molar-refractivity contribution < 1.29 is 89.7 Å². The van der Waals surface area contributed by atoms with Crippen LogP contribution in [0.3, 0.4) is 0 Å². The summed E-state index contributed by atoms with van der Waals surface area (Å²) in [6.45, 7) is -2.43. The topological polar surface area (TPSA) is 404 Å². The zero-order chi connectivity index (χ0) is 36.7. The Morgan fingerprint density at radius 2 is 0.918 bits per heavy atom. The summed E-state index contributed by atoms with van der Waals surface area (Å²) in [5, 5.41) is 40.7. The average Bonchev–Trinajstić information content (AvgIpc) is 3.38. The Kier molecular flexibility index (Phi) is 11.9. The average molecular weight is 790 g/mol. The van der Waals surface area contributed by atoms with Crippen LogP contribution in [0.5, 0.6) is 0 Å². The molecule has 4 rings (SSSR count). The van der Waals surface area contributed by atoms with E-state index in [1.54, 1.807) is 0 Å². The van der Waals surface area contributed by atoms with E-state index in [4.69, 9.17) is 9.47 Å². The van der Waals surface area contributed by atoms with Gasteiger partial charge in [-0.3, -0.25) is 37.7 Å². The van der Waals surface area contributed by atoms with E-state index >= 15 is 0 Å². The maximum atomic E-state index is 12.2. The Morgan fingerprint density at radius 3 is 1.24 bits per heavy atom. The Balaban J connectivity index is 1.31. The summed E-state index contributed by atoms with van der Waals surface area (Å²) in [5.41, 5.74) is -3.78. The number of hydrogen-bond acceptors (Lipinski definition) is 19. The van der Waals surface area contributed by atoms with Gasteiger partial charge in [-0.05, 0) is 0 Å². The molecule has 0 radical (unpaired) electrons. The lowest BCUT2D eigenvalue weighted by atomic mass is 10.1. The van der Waals surface area contributed by atoms with E-state index in [9.17, 15) is 77.4 Å². The van der Waals surface area contributed by atoms with Crippen LogP contribution >= 0.6 is 31.3 Å². The van der Waals surface area contributed by atoms with E-state index in [1.807, 2.05) is 9.97 Å². The number of hydrogen-bond donors (Lipinski definition) is 10. The first-order chi connectivity index (χ1) is 22.5. The van der Waals surface area contributed by atoms with Crippen molar-refractivity contribution in [3.05, 3.63) is 66.2 Å². The van der Waals surface area contributed by atoms with Gasteiger partial charge < -0.3 is 49.5 Å². The van der Waals surface area contributed by atoms with Crippen LogP contribution in [0.2, 0.25) is 0 Å². The molecule has 0 bridgehead atoms. The second-order valence-corrected chi connectivity index (χ2v) is 16.1. The molecule has 0 amide bonds. The van der Waals surface area contributed by atoms with Crippen LogP contribution in [0.15, 0.2) is 43.7 Å². The molecule has 0 saturated carbocycles. The zero-order valence-corrected chi connectivity index (χ0v) is 27.3. The molecular weight excluding hydrogens is 764 g/mol. The summed E-state index contributed by atoms with van der Waals surface area (Å²) in [6.07, 6.45) is -12.6. The third-order valence-electron chi connectivity index (χ3n) is 6.35. The molecule has 2 aromatic heterocycles. The van der Waals surface area contributed by atoms with Crippen LogP contribution < -0.4 is 22.5 Å². The molecule has 27 nitrogen and oxygen atoms in total. The third kappa shape index (κ3) is 9.93. The minimum atomic E-state index is -6.24. The van der Waals surface area contributed by atoms with E-state index in [2.05, 4.69) is 22.0 Å². The highest BCUT2D eigenvalue weighted by atomic mass is 31.3. The van der Waals surface area contributed by atoms with Crippen molar-refractivity contribution >= 4 is 31.3 Å². The summed E-state index contributed by atoms with van der Waals surface area (Å²) in [6, 6.07) is 1.73. The first-order valence-corrected chi connectivity index (χ1v) is 18.9. The van der Waals surface area contributed by atoms with Crippen LogP contribution in [0.25, 0.3) is 0 Å². The predicted molar refractivity (Wildman–Crippen MR) is 149 cm³/mol. The molecule has 0 aliphatic carbocycles. The normalized spacial score (nSPS) is 32.2. The van der Waals surface area contributed by atoms with Gasteiger partial charge in [-0.25, -0.2) is 27.8 Å². The fourth-order valence-electron chi connectivity index (χ4n) is 4.25. The number of ether oxygens (including phenoxy) is 2. The molecule has 0 aromatic carbocycles. The monoisotopic (exact) mass is 790 g/mol. The number of phosphoric ester groups is 2. The van der Waals surface area contributed by atoms with Crippen molar-refractivity contribution in [2.75, 3.05) is 13.2 Å². The van der Waals surface area contributed by atoms with Crippen molar-refractivity contribution in [2.45, 2.75) is 49.1 Å². The number of aromatic nitrogens is 4. The van der Waals surface area contributed by atoms with Gasteiger partial charge in [0.2, 0.25) is 0 Å². The molecule has 2 fully saturated rings. The number of aromatic amines is 2. The first kappa shape index (κ1) is 39.5. The van der Waals surface area contributed by atoms with Gasteiger partial charge >= 0.3 is 42.7 Å². The van der Waals surface area contributed by atoms with Crippen molar-refractivity contribution in [3.63, 3.8) is 0 Å². The van der Waals surface area contributed by atoms with E-state index in [0.29, 0.717) is 9.13 Å². The summed E-state index contributed by atoms with van der Waals surface area (Å²) in [7, 11) is -24.1. The van der Waals surface area contributed by atoms with Crippen LogP contribution in [0.4, 0.5) is 0 Å². The summed E-state index contributed by atoms with van der Waals surface area (Å²) in [5.74, 6) is 0. The molecule has 0 spiro atoms. The molecule has 2 saturated heterocycles. The maximum Gasteiger partial charge on any atom is 0.490 e. The fourth-order valence-corrected chi connectivity index (χ4v) is 9.20. The van der Waals surface area contributed by atoms with E-state index in [-0.39, 0.29) is 0 Å². The van der Waals surface area contributed by atoms with Gasteiger partial charge in [0.1, 0.15) is 36.6 Å². The van der Waals surface area contributed by atoms with Crippen molar-refractivity contribution in [1.82, 2.24) is 19.1 Å². The van der Waals surface area contributed by atoms with Crippen LogP contribution in [-0.2, 0) is 49.7 Å². The van der Waals surface area contributed by atoms with Gasteiger partial charge in [0.15, 0.2) is 12.5 Å². The zero-order valence-electron chi connectivity index (χ0n) is 23.7. The highest BCUT2D eigenvalue weighted by Crippen LogP contribution is 2.71. The van der Waals surface area contributed by atoms with Gasteiger partial charge in [-0.2, -0.15) is 12.9 Å². The minimum absolute atomic E-state index is 0.642. The molecule has 31 heteroatoms. The van der Waals surface area contributed by atoms with Crippen molar-refractivity contribution in [3.8, 4) is 0 Å². The SMILES string of the molecule is O=c1ccn([C@@H]2O[C@H](COP(=O)(O)OP(=O)(O)OP(=O)(O)OP(=O)(O)OC[C@H]3O[C@@H](n4ccc(=O)[nH]c4=O)C(O)[C@H]3O)C(O)C2O)c(=O)[nH]1. The van der Waals surface area contributed by atoms with E-state index < -0.39 is 116 Å². The van der Waals surface area contributed by atoms with Crippen LogP contribution in [-0.4, -0.2) is 109 Å². The highest BCUT2D eigenvalue weighted by molar-refractivity contribution is 7.69. The molecule has 12 atom stereocenters. The second kappa shape index (κ2) is 14.7. The quantitative estimate of drug-likeness (QED) is 0.0811. The smallest absolute Gasteiger partial charge is 0.387 e. The number of aliphatic hydroxyl groups is 4. The van der Waals surface area contributed by atoms with Gasteiger partial charge in [-0.15, -0.1) is 0 Å². The Labute approximate surface area is 268 Å². The number of nitrogens with one attached hydrogen (secondary N) is 2. The van der Waals surface area contributed by atoms with Crippen LogP contribution in [0, 0.1) is 0 Å². The van der Waals surface area contributed by atoms with E-state index in [0.717, 1.165) is 24.5 Å². The number of nitrogens with zero attached hydrogens (tertiary/aromatic N) is 2. The number of rotatable bonds is 14. The molecule has 7 unspecified atom stereocenters. The molecule has 276 valence electrons. The third-order valence-corrected chi connectivity index (χ3v) is 12.3. The molecule has 2 aliphatic rings. The number of H-pyrrole nitrogens is 2. The molecular formula is C18H26N4O23P4. The van der Waals surface area contributed by atoms with Crippen molar-refractivity contribution in [2.24, 2.45) is 0 Å². The summed E-state index contributed by atoms with van der Waals surface area (Å²) >= 11 is 0. The standard InChI is InChI=1S/C18H26N4O23P4/c23-9-1-3-21(17(29)19-9)15-13(27)11(25)7(41-15)5-39-46(31,32)43-48(35,36)45-49(37,38)44-47(33,34)40-6-8-12(26)14(28)16(42-8)22-4-2-10(24)20-18(22)30/h1-4,7-8,11-16,25-28H,5-6H2,(H,31,32)(H,33,34)(H,35,36)(H,37,38)(H,19,23,29)(H,20,24,30)/t7-,8-,11+,12?,13?,14?,15-,16-/m1/s1. The Hall–Kier alpha value is -2.32. The van der Waals surface area contributed by atoms with Gasteiger partial charge in [0, 0.05) is 24.5 Å². The summed E-state index contributed by atoms with van der Waals surface area (Å²) < 4.78 is 80.5. The molecule has 49 heavy (non-hydrogen) atoms. The predicted octanol–water partition coefficient (Wildman–Crippen LogP) is -4.19. The largest absolute Gasteiger partial charge is 0.490 e. The molecule has 2 aliphatic heterocycles. The maximum absolute atomic E-state index is 12.2. The Bertz CT molecular complexity index is 1820. The molecule has 4 heterocycles. The Morgan fingerprint density at radius 1 is 0.592 bits per heavy atom. The van der Waals surface area contributed by atoms with Crippen LogP contribution in [0.1, 0.15) is 12.5 Å². The second-order valence-electron chi connectivity index (χ2n) is 9.84. The lowest BCUT2D eigenvalue weighted by Crippen LogP contribution is -2.37. The minimum Gasteiger partial charge on any atom is -0.387 e.